The van der Waals surface area contributed by atoms with E-state index < -0.39 is 5.97 Å². The highest BCUT2D eigenvalue weighted by atomic mass is 35.5. The molecule has 0 unspecified atom stereocenters. The number of H-pyrrole nitrogens is 1. The number of benzene rings is 2. The molecule has 1 aromatic heterocycles. The molecule has 0 saturated carbocycles. The molecular formula is C21H19Cl2N3O4. The summed E-state index contributed by atoms with van der Waals surface area (Å²) in [7, 11) is 0. The molecule has 0 spiro atoms. The first kappa shape index (κ1) is 23.1. The Hall–Kier alpha value is -3.16. The Morgan fingerprint density at radius 1 is 1.03 bits per heavy atom. The van der Waals surface area contributed by atoms with Gasteiger partial charge in [-0.25, -0.2) is 4.98 Å². The smallest absolute Gasteiger partial charge is 0.313 e. The molecular weight excluding hydrogens is 429 g/mol. The van der Waals surface area contributed by atoms with Crippen molar-refractivity contribution >= 4 is 40.9 Å². The number of anilines is 1. The standard InChI is InChI=1S/C11H11ClO3.C10H8ClN3O/c1-2-15-11(14)7-10(13)8-3-5-9(12)6-4-8;11-7-3-1-6(2-4-7)8-5-9(15)14-10(12)13-8/h3-6H,2,7H2,1H3;1-5H,(H3,12,13,14,15). The third-order valence-corrected chi connectivity index (χ3v) is 4.18. The number of carbonyl (C=O) groups excluding carboxylic acids is 2. The van der Waals surface area contributed by atoms with Crippen molar-refractivity contribution in [1.29, 1.82) is 0 Å². The number of aromatic amines is 1. The van der Waals surface area contributed by atoms with Crippen LogP contribution in [0.1, 0.15) is 23.7 Å². The molecule has 0 fully saturated rings. The average Bonchev–Trinajstić information content (AvgIpc) is 2.69. The van der Waals surface area contributed by atoms with Crippen molar-refractivity contribution in [2.24, 2.45) is 0 Å². The van der Waals surface area contributed by atoms with Crippen LogP contribution in [0, 0.1) is 0 Å². The summed E-state index contributed by atoms with van der Waals surface area (Å²) in [6.45, 7) is 1.98. The lowest BCUT2D eigenvalue weighted by molar-refractivity contribution is -0.141. The van der Waals surface area contributed by atoms with E-state index >= 15 is 0 Å². The van der Waals surface area contributed by atoms with Crippen LogP contribution in [0.25, 0.3) is 11.3 Å². The maximum Gasteiger partial charge on any atom is 0.313 e. The normalized spacial score (nSPS) is 9.97. The van der Waals surface area contributed by atoms with Crippen LogP contribution in [0.2, 0.25) is 10.0 Å². The second kappa shape index (κ2) is 11.1. The Morgan fingerprint density at radius 3 is 2.13 bits per heavy atom. The Labute approximate surface area is 182 Å². The highest BCUT2D eigenvalue weighted by molar-refractivity contribution is 6.31. The summed E-state index contributed by atoms with van der Waals surface area (Å²) in [5, 5.41) is 1.19. The van der Waals surface area contributed by atoms with Gasteiger partial charge in [0.1, 0.15) is 6.42 Å². The molecule has 156 valence electrons. The minimum absolute atomic E-state index is 0.104. The van der Waals surface area contributed by atoms with E-state index in [1.54, 1.807) is 55.5 Å². The van der Waals surface area contributed by atoms with E-state index in [0.29, 0.717) is 21.3 Å². The highest BCUT2D eigenvalue weighted by Gasteiger charge is 2.12. The summed E-state index contributed by atoms with van der Waals surface area (Å²) in [5.74, 6) is -0.657. The number of ether oxygens (including phenoxy) is 1. The maximum absolute atomic E-state index is 11.5. The van der Waals surface area contributed by atoms with Gasteiger partial charge in [-0.15, -0.1) is 0 Å². The van der Waals surface area contributed by atoms with Gasteiger partial charge in [0.2, 0.25) is 5.95 Å². The Kier molecular flexibility index (Phi) is 8.58. The number of rotatable bonds is 5. The Bertz CT molecular complexity index is 1060. The number of carbonyl (C=O) groups is 2. The van der Waals surface area contributed by atoms with Crippen molar-refractivity contribution < 1.29 is 14.3 Å². The Balaban J connectivity index is 0.000000214. The molecule has 0 amide bonds. The number of aromatic nitrogens is 2. The van der Waals surface area contributed by atoms with E-state index in [1.807, 2.05) is 0 Å². The minimum atomic E-state index is -0.502. The number of nitrogens with two attached hydrogens (primary N) is 1. The van der Waals surface area contributed by atoms with Crippen molar-refractivity contribution in [3.05, 3.63) is 80.6 Å². The first-order valence-corrected chi connectivity index (χ1v) is 9.61. The van der Waals surface area contributed by atoms with Crippen molar-refractivity contribution in [2.45, 2.75) is 13.3 Å². The summed E-state index contributed by atoms with van der Waals surface area (Å²) in [6.07, 6.45) is -0.227. The zero-order valence-corrected chi connectivity index (χ0v) is 17.5. The van der Waals surface area contributed by atoms with E-state index in [9.17, 15) is 14.4 Å². The first-order valence-electron chi connectivity index (χ1n) is 8.85. The zero-order valence-electron chi connectivity index (χ0n) is 16.0. The molecule has 0 aliphatic rings. The monoisotopic (exact) mass is 447 g/mol. The van der Waals surface area contributed by atoms with Gasteiger partial charge < -0.3 is 10.5 Å². The van der Waals surface area contributed by atoms with Gasteiger partial charge in [0.25, 0.3) is 5.56 Å². The fourth-order valence-electron chi connectivity index (χ4n) is 2.33. The highest BCUT2D eigenvalue weighted by Crippen LogP contribution is 2.18. The topological polar surface area (TPSA) is 115 Å². The summed E-state index contributed by atoms with van der Waals surface area (Å²) in [4.78, 5) is 40.1. The molecule has 3 N–H and O–H groups in total. The minimum Gasteiger partial charge on any atom is -0.466 e. The molecule has 0 aliphatic carbocycles. The van der Waals surface area contributed by atoms with Crippen LogP contribution in [-0.4, -0.2) is 28.3 Å². The lowest BCUT2D eigenvalue weighted by Crippen LogP contribution is -2.11. The second-order valence-electron chi connectivity index (χ2n) is 5.93. The van der Waals surface area contributed by atoms with Crippen LogP contribution in [-0.2, 0) is 9.53 Å². The van der Waals surface area contributed by atoms with E-state index in [0.717, 1.165) is 5.56 Å². The molecule has 30 heavy (non-hydrogen) atoms. The van der Waals surface area contributed by atoms with Gasteiger partial charge in [-0.1, -0.05) is 35.3 Å². The molecule has 9 heteroatoms. The predicted molar refractivity (Wildman–Crippen MR) is 117 cm³/mol. The van der Waals surface area contributed by atoms with Crippen molar-refractivity contribution in [2.75, 3.05) is 12.3 Å². The number of nitrogens with one attached hydrogen (secondary N) is 1. The summed E-state index contributed by atoms with van der Waals surface area (Å²) < 4.78 is 4.67. The number of halogens is 2. The number of nitrogens with zero attached hydrogens (tertiary/aromatic N) is 1. The van der Waals surface area contributed by atoms with E-state index in [2.05, 4.69) is 14.7 Å². The lowest BCUT2D eigenvalue weighted by Gasteiger charge is -2.01. The van der Waals surface area contributed by atoms with Gasteiger partial charge in [-0.05, 0) is 43.3 Å². The van der Waals surface area contributed by atoms with Gasteiger partial charge in [-0.3, -0.25) is 19.4 Å². The van der Waals surface area contributed by atoms with E-state index in [4.69, 9.17) is 28.9 Å². The van der Waals surface area contributed by atoms with Crippen LogP contribution in [0.5, 0.6) is 0 Å². The number of hydrogen-bond donors (Lipinski definition) is 2. The quantitative estimate of drug-likeness (QED) is 0.344. The van der Waals surface area contributed by atoms with Crippen LogP contribution in [0.15, 0.2) is 59.4 Å². The summed E-state index contributed by atoms with van der Waals surface area (Å²) in [5.41, 5.74) is 6.97. The number of hydrogen-bond acceptors (Lipinski definition) is 6. The molecule has 0 saturated heterocycles. The zero-order chi connectivity index (χ0) is 22.1. The third-order valence-electron chi connectivity index (χ3n) is 3.68. The molecule has 3 aromatic rings. The molecule has 1 heterocycles. The van der Waals surface area contributed by atoms with Gasteiger partial charge in [0.15, 0.2) is 5.78 Å². The fourth-order valence-corrected chi connectivity index (χ4v) is 2.58. The predicted octanol–water partition coefficient (Wildman–Crippen LogP) is 4.15. The number of Topliss-reactive ketones (excluding diaryl/α,β-unsaturated/α-hetero) is 1. The van der Waals surface area contributed by atoms with E-state index in [1.165, 1.54) is 6.07 Å². The molecule has 0 atom stereocenters. The SMILES string of the molecule is CCOC(=O)CC(=O)c1ccc(Cl)cc1.Nc1nc(-c2ccc(Cl)cc2)cc(=O)[nH]1. The average molecular weight is 448 g/mol. The van der Waals surface area contributed by atoms with Gasteiger partial charge >= 0.3 is 5.97 Å². The largest absolute Gasteiger partial charge is 0.466 e. The first-order chi connectivity index (χ1) is 14.3. The lowest BCUT2D eigenvalue weighted by atomic mass is 10.1. The maximum atomic E-state index is 11.5. The van der Waals surface area contributed by atoms with Gasteiger partial charge in [-0.2, -0.15) is 0 Å². The van der Waals surface area contributed by atoms with Gasteiger partial charge in [0.05, 0.1) is 12.3 Å². The van der Waals surface area contributed by atoms with Crippen LogP contribution in [0.4, 0.5) is 5.95 Å². The number of esters is 1. The summed E-state index contributed by atoms with van der Waals surface area (Å²) in [6, 6.07) is 14.8. The molecule has 3 rings (SSSR count). The molecule has 0 aliphatic heterocycles. The number of ketones is 1. The van der Waals surface area contributed by atoms with Crippen molar-refractivity contribution in [1.82, 2.24) is 9.97 Å². The summed E-state index contributed by atoms with van der Waals surface area (Å²) >= 11 is 11.4. The second-order valence-corrected chi connectivity index (χ2v) is 6.81. The Morgan fingerprint density at radius 2 is 1.60 bits per heavy atom. The number of nitrogen functional groups attached to an aromatic ring is 1. The molecule has 0 bridgehead atoms. The molecule has 0 radical (unpaired) electrons. The van der Waals surface area contributed by atoms with Crippen LogP contribution >= 0.6 is 23.2 Å². The van der Waals surface area contributed by atoms with Gasteiger partial charge in [0, 0.05) is 27.2 Å². The van der Waals surface area contributed by atoms with Crippen molar-refractivity contribution in [3.8, 4) is 11.3 Å². The fraction of sp³-hybridized carbons (Fsp3) is 0.143. The molecule has 7 nitrogen and oxygen atoms in total. The van der Waals surface area contributed by atoms with Crippen LogP contribution < -0.4 is 11.3 Å². The van der Waals surface area contributed by atoms with E-state index in [-0.39, 0.29) is 30.3 Å². The van der Waals surface area contributed by atoms with Crippen LogP contribution in [0.3, 0.4) is 0 Å². The van der Waals surface area contributed by atoms with Crippen molar-refractivity contribution in [3.63, 3.8) is 0 Å². The third kappa shape index (κ3) is 7.35. The molecule has 2 aromatic carbocycles.